The number of rotatable bonds is 12. The number of ether oxygens (including phenoxy) is 3. The van der Waals surface area contributed by atoms with Gasteiger partial charge in [0.25, 0.3) is 0 Å². The van der Waals surface area contributed by atoms with Gasteiger partial charge >= 0.3 is 0 Å². The predicted octanol–water partition coefficient (Wildman–Crippen LogP) is 5.22. The van der Waals surface area contributed by atoms with Gasteiger partial charge in [-0.1, -0.05) is 40.0 Å². The Morgan fingerprint density at radius 1 is 0.667 bits per heavy atom. The van der Waals surface area contributed by atoms with Gasteiger partial charge in [0.15, 0.2) is 11.5 Å². The molecule has 0 spiro atoms. The maximum absolute atomic E-state index is 5.85. The van der Waals surface area contributed by atoms with E-state index in [1.54, 1.807) is 0 Å². The van der Waals surface area contributed by atoms with Crippen molar-refractivity contribution in [1.29, 1.82) is 0 Å². The van der Waals surface area contributed by atoms with Gasteiger partial charge in [-0.2, -0.15) is 0 Å². The summed E-state index contributed by atoms with van der Waals surface area (Å²) in [5.41, 5.74) is 0. The quantitative estimate of drug-likeness (QED) is 0.494. The normalized spacial score (nSPS) is 10.4. The molecule has 0 aromatic heterocycles. The van der Waals surface area contributed by atoms with Crippen LogP contribution < -0.4 is 14.2 Å². The van der Waals surface area contributed by atoms with E-state index in [0.717, 1.165) is 75.6 Å². The lowest BCUT2D eigenvalue weighted by Crippen LogP contribution is -2.03. The summed E-state index contributed by atoms with van der Waals surface area (Å²) in [7, 11) is 0. The van der Waals surface area contributed by atoms with Crippen molar-refractivity contribution in [2.45, 2.75) is 59.3 Å². The molecule has 0 unspecified atom stereocenters. The van der Waals surface area contributed by atoms with Gasteiger partial charge in [0.1, 0.15) is 5.75 Å². The predicted molar refractivity (Wildman–Crippen MR) is 87.7 cm³/mol. The molecule has 0 aliphatic carbocycles. The number of benzene rings is 1. The monoisotopic (exact) mass is 294 g/mol. The van der Waals surface area contributed by atoms with Crippen LogP contribution in [0.25, 0.3) is 0 Å². The van der Waals surface area contributed by atoms with Crippen LogP contribution in [0.1, 0.15) is 59.3 Å². The van der Waals surface area contributed by atoms with Gasteiger partial charge in [-0.15, -0.1) is 0 Å². The molecule has 1 aromatic rings. The van der Waals surface area contributed by atoms with E-state index in [9.17, 15) is 0 Å². The Labute approximate surface area is 129 Å². The number of unbranched alkanes of at least 4 members (excludes halogenated alkanes) is 3. The van der Waals surface area contributed by atoms with Crippen LogP contribution in [-0.4, -0.2) is 19.8 Å². The Hall–Kier alpha value is -1.38. The molecule has 120 valence electrons. The number of hydrogen-bond donors (Lipinski definition) is 0. The lowest BCUT2D eigenvalue weighted by Gasteiger charge is -2.14. The third-order valence-electron chi connectivity index (χ3n) is 3.19. The number of hydrogen-bond acceptors (Lipinski definition) is 3. The molecule has 0 heterocycles. The summed E-state index contributed by atoms with van der Waals surface area (Å²) < 4.78 is 17.4. The molecule has 0 bridgehead atoms. The van der Waals surface area contributed by atoms with Crippen molar-refractivity contribution in [2.75, 3.05) is 19.8 Å². The lowest BCUT2D eigenvalue weighted by atomic mass is 10.3. The molecule has 0 saturated carbocycles. The van der Waals surface area contributed by atoms with E-state index in [1.807, 2.05) is 18.2 Å². The van der Waals surface area contributed by atoms with E-state index < -0.39 is 0 Å². The summed E-state index contributed by atoms with van der Waals surface area (Å²) in [6, 6.07) is 5.87. The van der Waals surface area contributed by atoms with Crippen molar-refractivity contribution in [2.24, 2.45) is 0 Å². The molecule has 21 heavy (non-hydrogen) atoms. The van der Waals surface area contributed by atoms with Gasteiger partial charge in [-0.05, 0) is 31.4 Å². The largest absolute Gasteiger partial charge is 0.493 e. The zero-order chi connectivity index (χ0) is 15.3. The van der Waals surface area contributed by atoms with Crippen LogP contribution in [0.5, 0.6) is 17.2 Å². The third-order valence-corrected chi connectivity index (χ3v) is 3.19. The van der Waals surface area contributed by atoms with Crippen LogP contribution in [-0.2, 0) is 0 Å². The molecule has 0 fully saturated rings. The summed E-state index contributed by atoms with van der Waals surface area (Å²) in [6.07, 6.45) is 6.57. The van der Waals surface area contributed by atoms with Crippen LogP contribution in [0.15, 0.2) is 18.2 Å². The van der Waals surface area contributed by atoms with Gasteiger partial charge in [0, 0.05) is 6.07 Å². The first-order valence-electron chi connectivity index (χ1n) is 8.34. The van der Waals surface area contributed by atoms with Crippen LogP contribution in [0.4, 0.5) is 0 Å². The zero-order valence-electron chi connectivity index (χ0n) is 13.8. The summed E-state index contributed by atoms with van der Waals surface area (Å²) in [4.78, 5) is 0. The van der Waals surface area contributed by atoms with Crippen molar-refractivity contribution < 1.29 is 14.2 Å². The summed E-state index contributed by atoms with van der Waals surface area (Å²) in [6.45, 7) is 8.68. The first kappa shape index (κ1) is 17.7. The van der Waals surface area contributed by atoms with E-state index >= 15 is 0 Å². The summed E-state index contributed by atoms with van der Waals surface area (Å²) in [5.74, 6) is 2.48. The fourth-order valence-corrected chi connectivity index (χ4v) is 1.80. The minimum absolute atomic E-state index is 0.721. The Balaban J connectivity index is 2.65. The molecule has 0 aliphatic rings. The molecule has 0 amide bonds. The second kappa shape index (κ2) is 11.3. The highest BCUT2D eigenvalue weighted by molar-refractivity contribution is 5.45. The summed E-state index contributed by atoms with van der Waals surface area (Å²) in [5, 5.41) is 0. The molecule has 3 heteroatoms. The Kier molecular flexibility index (Phi) is 9.51. The SMILES string of the molecule is CCCCOc1ccc(OCCCC)c(OCCCC)c1. The fraction of sp³-hybridized carbons (Fsp3) is 0.667. The minimum atomic E-state index is 0.721. The second-order valence-electron chi connectivity index (χ2n) is 5.21. The molecule has 0 radical (unpaired) electrons. The molecular weight excluding hydrogens is 264 g/mol. The highest BCUT2D eigenvalue weighted by atomic mass is 16.5. The molecule has 1 aromatic carbocycles. The molecule has 3 nitrogen and oxygen atoms in total. The summed E-state index contributed by atoms with van der Waals surface area (Å²) >= 11 is 0. The average Bonchev–Trinajstić information content (AvgIpc) is 2.50. The third kappa shape index (κ3) is 7.26. The average molecular weight is 294 g/mol. The zero-order valence-corrected chi connectivity index (χ0v) is 13.8. The maximum Gasteiger partial charge on any atom is 0.164 e. The highest BCUT2D eigenvalue weighted by Crippen LogP contribution is 2.32. The standard InChI is InChI=1S/C18H30O3/c1-4-7-12-19-16-10-11-17(20-13-8-5-2)18(15-16)21-14-9-6-3/h10-11,15H,4-9,12-14H2,1-3H3. The topological polar surface area (TPSA) is 27.7 Å². The second-order valence-corrected chi connectivity index (χ2v) is 5.21. The Morgan fingerprint density at radius 3 is 1.76 bits per heavy atom. The van der Waals surface area contributed by atoms with Gasteiger partial charge in [-0.25, -0.2) is 0 Å². The van der Waals surface area contributed by atoms with Gasteiger partial charge < -0.3 is 14.2 Å². The first-order valence-corrected chi connectivity index (χ1v) is 8.34. The molecular formula is C18H30O3. The van der Waals surface area contributed by atoms with Crippen molar-refractivity contribution in [3.63, 3.8) is 0 Å². The van der Waals surface area contributed by atoms with E-state index in [4.69, 9.17) is 14.2 Å². The molecule has 1 rings (SSSR count). The lowest BCUT2D eigenvalue weighted by molar-refractivity contribution is 0.257. The smallest absolute Gasteiger partial charge is 0.164 e. The minimum Gasteiger partial charge on any atom is -0.493 e. The highest BCUT2D eigenvalue weighted by Gasteiger charge is 2.07. The van der Waals surface area contributed by atoms with Crippen LogP contribution >= 0.6 is 0 Å². The fourth-order valence-electron chi connectivity index (χ4n) is 1.80. The van der Waals surface area contributed by atoms with E-state index in [1.165, 1.54) is 0 Å². The molecule has 0 N–H and O–H groups in total. The van der Waals surface area contributed by atoms with Crippen molar-refractivity contribution in [3.05, 3.63) is 18.2 Å². The van der Waals surface area contributed by atoms with Gasteiger partial charge in [-0.3, -0.25) is 0 Å². The van der Waals surface area contributed by atoms with Crippen LogP contribution in [0, 0.1) is 0 Å². The van der Waals surface area contributed by atoms with Crippen molar-refractivity contribution >= 4 is 0 Å². The van der Waals surface area contributed by atoms with Crippen molar-refractivity contribution in [1.82, 2.24) is 0 Å². The van der Waals surface area contributed by atoms with E-state index in [0.29, 0.717) is 0 Å². The Bertz CT molecular complexity index is 377. The molecule has 0 saturated heterocycles. The van der Waals surface area contributed by atoms with E-state index in [2.05, 4.69) is 20.8 Å². The molecule has 0 aliphatic heterocycles. The van der Waals surface area contributed by atoms with Gasteiger partial charge in [0.2, 0.25) is 0 Å². The van der Waals surface area contributed by atoms with E-state index in [-0.39, 0.29) is 0 Å². The van der Waals surface area contributed by atoms with Gasteiger partial charge in [0.05, 0.1) is 19.8 Å². The maximum atomic E-state index is 5.85. The first-order chi connectivity index (χ1) is 10.3. The van der Waals surface area contributed by atoms with Crippen LogP contribution in [0.3, 0.4) is 0 Å². The van der Waals surface area contributed by atoms with Crippen LogP contribution in [0.2, 0.25) is 0 Å². The van der Waals surface area contributed by atoms with Crippen molar-refractivity contribution in [3.8, 4) is 17.2 Å². The Morgan fingerprint density at radius 2 is 1.19 bits per heavy atom. The molecule has 0 atom stereocenters.